The third-order valence-electron chi connectivity index (χ3n) is 7.32. The summed E-state index contributed by atoms with van der Waals surface area (Å²) >= 11 is -2.44. The number of rotatable bonds is 2. The predicted octanol–water partition coefficient (Wildman–Crippen LogP) is 3.13. The molecular formula is C20H24O5S. The quantitative estimate of drug-likeness (QED) is 0.545. The second-order valence-electron chi connectivity index (χ2n) is 8.23. The molecule has 3 aliphatic carbocycles. The minimum absolute atomic E-state index is 0.0471. The molecule has 2 saturated carbocycles. The van der Waals surface area contributed by atoms with Crippen molar-refractivity contribution in [3.8, 4) is 23.8 Å². The van der Waals surface area contributed by atoms with E-state index in [0.29, 0.717) is 24.0 Å². The lowest BCUT2D eigenvalue weighted by molar-refractivity contribution is -0.0648. The van der Waals surface area contributed by atoms with Gasteiger partial charge in [-0.05, 0) is 67.9 Å². The van der Waals surface area contributed by atoms with Crippen molar-refractivity contribution in [1.82, 2.24) is 0 Å². The van der Waals surface area contributed by atoms with Crippen LogP contribution in [-0.2, 0) is 17.8 Å². The first kappa shape index (κ1) is 17.8. The third-order valence-corrected chi connectivity index (χ3v) is 7.64. The molecule has 6 atom stereocenters. The maximum atomic E-state index is 11.2. The standard InChI is InChI=1S/C20H24O5S/c1-3-20(22)9-7-16-14-5-4-12-10-13(21)11-17(25-26(23)24)18(12)15(14)6-8-19(16,20)2/h1,10-11,14-16,21-22H,4-9H2,2H3,(H,23,24)/t14-,15+,16+,19?,20+/m1/s1. The maximum Gasteiger partial charge on any atom is 0.357 e. The van der Waals surface area contributed by atoms with Crippen molar-refractivity contribution in [3.05, 3.63) is 23.3 Å². The molecule has 5 nitrogen and oxygen atoms in total. The van der Waals surface area contributed by atoms with Gasteiger partial charge in [-0.15, -0.1) is 6.42 Å². The minimum Gasteiger partial charge on any atom is -0.508 e. The number of phenols is 1. The van der Waals surface area contributed by atoms with Gasteiger partial charge in [-0.25, -0.2) is 0 Å². The molecule has 0 saturated heterocycles. The van der Waals surface area contributed by atoms with E-state index in [1.165, 1.54) is 6.07 Å². The number of aliphatic hydroxyl groups is 1. The molecule has 0 bridgehead atoms. The molecule has 140 valence electrons. The Morgan fingerprint density at radius 3 is 2.77 bits per heavy atom. The summed E-state index contributed by atoms with van der Waals surface area (Å²) in [4.78, 5) is 0. The van der Waals surface area contributed by atoms with Crippen LogP contribution in [0.1, 0.15) is 56.1 Å². The van der Waals surface area contributed by atoms with E-state index >= 15 is 0 Å². The van der Waals surface area contributed by atoms with Crippen LogP contribution in [-0.4, -0.2) is 24.6 Å². The highest BCUT2D eigenvalue weighted by Crippen LogP contribution is 2.64. The molecule has 0 radical (unpaired) electrons. The van der Waals surface area contributed by atoms with E-state index in [0.717, 1.165) is 43.2 Å². The summed E-state index contributed by atoms with van der Waals surface area (Å²) in [5, 5.41) is 20.9. The second-order valence-corrected chi connectivity index (χ2v) is 8.83. The lowest BCUT2D eigenvalue weighted by atomic mass is 9.53. The zero-order valence-electron chi connectivity index (χ0n) is 14.8. The summed E-state index contributed by atoms with van der Waals surface area (Å²) in [6.07, 6.45) is 10.6. The Balaban J connectivity index is 1.76. The van der Waals surface area contributed by atoms with Gasteiger partial charge in [0, 0.05) is 17.0 Å². The average Bonchev–Trinajstić information content (AvgIpc) is 2.86. The number of aromatic hydroxyl groups is 1. The van der Waals surface area contributed by atoms with Gasteiger partial charge in [0.1, 0.15) is 17.1 Å². The lowest BCUT2D eigenvalue weighted by Gasteiger charge is -2.52. The maximum absolute atomic E-state index is 11.2. The smallest absolute Gasteiger partial charge is 0.357 e. The van der Waals surface area contributed by atoms with E-state index in [2.05, 4.69) is 12.8 Å². The van der Waals surface area contributed by atoms with E-state index in [4.69, 9.17) is 10.6 Å². The zero-order chi connectivity index (χ0) is 18.7. The Bertz CT molecular complexity index is 815. The van der Waals surface area contributed by atoms with Crippen molar-refractivity contribution in [1.29, 1.82) is 0 Å². The molecule has 3 aliphatic rings. The Kier molecular flexibility index (Phi) is 4.11. The van der Waals surface area contributed by atoms with Gasteiger partial charge in [-0.2, -0.15) is 4.21 Å². The van der Waals surface area contributed by atoms with Crippen LogP contribution >= 0.6 is 0 Å². The number of terminal acetylenes is 1. The van der Waals surface area contributed by atoms with Gasteiger partial charge in [0.05, 0.1) is 0 Å². The fraction of sp³-hybridized carbons (Fsp3) is 0.600. The number of benzene rings is 1. The molecule has 0 heterocycles. The molecule has 0 aromatic heterocycles. The van der Waals surface area contributed by atoms with Crippen molar-refractivity contribution in [2.45, 2.75) is 57.0 Å². The first-order chi connectivity index (χ1) is 12.3. The molecule has 1 aromatic carbocycles. The fourth-order valence-electron chi connectivity index (χ4n) is 6.07. The summed E-state index contributed by atoms with van der Waals surface area (Å²) in [5.74, 6) is 3.86. The highest BCUT2D eigenvalue weighted by molar-refractivity contribution is 7.74. The molecular weight excluding hydrogens is 352 g/mol. The van der Waals surface area contributed by atoms with E-state index in [1.54, 1.807) is 6.07 Å². The minimum atomic E-state index is -2.44. The van der Waals surface area contributed by atoms with Gasteiger partial charge in [0.2, 0.25) is 0 Å². The van der Waals surface area contributed by atoms with Crippen LogP contribution in [0.2, 0.25) is 0 Å². The zero-order valence-corrected chi connectivity index (χ0v) is 15.6. The van der Waals surface area contributed by atoms with Gasteiger partial charge in [0.15, 0.2) is 0 Å². The van der Waals surface area contributed by atoms with Crippen molar-refractivity contribution in [3.63, 3.8) is 0 Å². The van der Waals surface area contributed by atoms with Gasteiger partial charge >= 0.3 is 11.4 Å². The van der Waals surface area contributed by atoms with Crippen LogP contribution < -0.4 is 4.18 Å². The van der Waals surface area contributed by atoms with Crippen LogP contribution in [0, 0.1) is 29.6 Å². The molecule has 0 spiro atoms. The lowest BCUT2D eigenvalue weighted by Crippen LogP contribution is -2.50. The third kappa shape index (κ3) is 2.41. The number of hydrogen-bond donors (Lipinski definition) is 3. The van der Waals surface area contributed by atoms with Crippen molar-refractivity contribution < 1.29 is 23.2 Å². The summed E-state index contributed by atoms with van der Waals surface area (Å²) in [6.45, 7) is 2.12. The molecule has 4 rings (SSSR count). The van der Waals surface area contributed by atoms with Crippen molar-refractivity contribution >= 4 is 11.4 Å². The van der Waals surface area contributed by atoms with Crippen molar-refractivity contribution in [2.75, 3.05) is 0 Å². The van der Waals surface area contributed by atoms with E-state index in [9.17, 15) is 19.0 Å². The Morgan fingerprint density at radius 1 is 1.31 bits per heavy atom. The average molecular weight is 376 g/mol. The van der Waals surface area contributed by atoms with Crippen LogP contribution in [0.4, 0.5) is 0 Å². The molecule has 1 aromatic rings. The number of hydrogen-bond acceptors (Lipinski definition) is 4. The molecule has 26 heavy (non-hydrogen) atoms. The molecule has 3 N–H and O–H groups in total. The summed E-state index contributed by atoms with van der Waals surface area (Å²) in [6, 6.07) is 3.16. The number of fused-ring (bicyclic) bond motifs is 5. The summed E-state index contributed by atoms with van der Waals surface area (Å²) in [7, 11) is 0. The van der Waals surface area contributed by atoms with Gasteiger partial charge < -0.3 is 14.4 Å². The Morgan fingerprint density at radius 2 is 2.08 bits per heavy atom. The fourth-order valence-corrected chi connectivity index (χ4v) is 6.36. The number of phenolic OH excluding ortho intramolecular Hbond substituents is 1. The van der Waals surface area contributed by atoms with E-state index < -0.39 is 17.0 Å². The molecule has 0 amide bonds. The van der Waals surface area contributed by atoms with Crippen LogP contribution in [0.5, 0.6) is 11.5 Å². The molecule has 6 heteroatoms. The molecule has 0 aliphatic heterocycles. The van der Waals surface area contributed by atoms with Crippen LogP contribution in [0.25, 0.3) is 0 Å². The van der Waals surface area contributed by atoms with E-state index in [1.807, 2.05) is 0 Å². The van der Waals surface area contributed by atoms with Crippen molar-refractivity contribution in [2.24, 2.45) is 17.3 Å². The first-order valence-electron chi connectivity index (χ1n) is 9.14. The predicted molar refractivity (Wildman–Crippen MR) is 97.9 cm³/mol. The van der Waals surface area contributed by atoms with Crippen LogP contribution in [0.15, 0.2) is 12.1 Å². The monoisotopic (exact) mass is 376 g/mol. The second kappa shape index (κ2) is 5.98. The first-order valence-corrected chi connectivity index (χ1v) is 10.2. The summed E-state index contributed by atoms with van der Waals surface area (Å²) < 4.78 is 25.6. The van der Waals surface area contributed by atoms with Gasteiger partial charge in [0.25, 0.3) is 0 Å². The normalized spacial score (nSPS) is 39.2. The molecule has 2 unspecified atom stereocenters. The van der Waals surface area contributed by atoms with Crippen LogP contribution in [0.3, 0.4) is 0 Å². The highest BCUT2D eigenvalue weighted by atomic mass is 32.2. The number of aryl methyl sites for hydroxylation is 1. The van der Waals surface area contributed by atoms with Gasteiger partial charge in [-0.3, -0.25) is 4.55 Å². The highest BCUT2D eigenvalue weighted by Gasteiger charge is 2.61. The topological polar surface area (TPSA) is 87.0 Å². The largest absolute Gasteiger partial charge is 0.508 e. The summed E-state index contributed by atoms with van der Waals surface area (Å²) in [5.41, 5.74) is 0.585. The Hall–Kier alpha value is -1.55. The van der Waals surface area contributed by atoms with Gasteiger partial charge in [-0.1, -0.05) is 12.8 Å². The molecule has 2 fully saturated rings. The Labute approximate surface area is 156 Å². The SMILES string of the molecule is C#C[C@]1(O)CC[C@H]2[C@@H]3CCc4cc(O)cc(OS(=O)O)c4[C@H]3CCC21C. The van der Waals surface area contributed by atoms with E-state index in [-0.39, 0.29) is 17.1 Å².